The molecule has 1 unspecified atom stereocenters. The molecule has 128 valence electrons. The van der Waals surface area contributed by atoms with E-state index in [0.717, 1.165) is 30.5 Å². The number of benzene rings is 1. The molecule has 0 saturated heterocycles. The van der Waals surface area contributed by atoms with Gasteiger partial charge < -0.3 is 4.74 Å². The summed E-state index contributed by atoms with van der Waals surface area (Å²) in [5.74, 6) is -0.0501. The minimum atomic E-state index is -0.913. The lowest BCUT2D eigenvalue weighted by Crippen LogP contribution is -2.35. The van der Waals surface area contributed by atoms with E-state index in [2.05, 4.69) is 12.1 Å². The van der Waals surface area contributed by atoms with E-state index < -0.39 is 10.7 Å². The first-order valence-electron chi connectivity index (χ1n) is 7.92. The van der Waals surface area contributed by atoms with Crippen molar-refractivity contribution in [2.45, 2.75) is 38.0 Å². The van der Waals surface area contributed by atoms with E-state index in [9.17, 15) is 4.79 Å². The molecule has 0 fully saturated rings. The van der Waals surface area contributed by atoms with E-state index in [1.807, 2.05) is 36.6 Å². The second-order valence-corrected chi connectivity index (χ2v) is 7.15. The van der Waals surface area contributed by atoms with Crippen LogP contribution in [0.2, 0.25) is 5.02 Å². The number of hydrogen-bond acceptors (Lipinski definition) is 5. The summed E-state index contributed by atoms with van der Waals surface area (Å²) in [7, 11) is 0. The van der Waals surface area contributed by atoms with Crippen LogP contribution < -0.4 is 5.76 Å². The Bertz CT molecular complexity index is 797. The molecule has 0 spiro atoms. The van der Waals surface area contributed by atoms with E-state index in [1.165, 1.54) is 16.3 Å². The maximum Gasteiger partial charge on any atom is 0.446 e. The van der Waals surface area contributed by atoms with Gasteiger partial charge in [-0.2, -0.15) is 0 Å². The topological polar surface area (TPSA) is 57.3 Å². The highest BCUT2D eigenvalue weighted by Gasteiger charge is 2.44. The Balaban J connectivity index is 2.06. The second-order valence-electron chi connectivity index (χ2n) is 5.66. The molecule has 0 amide bonds. The third kappa shape index (κ3) is 3.06. The summed E-state index contributed by atoms with van der Waals surface area (Å²) in [5, 5.41) is 6.56. The number of halogens is 1. The molecule has 7 heteroatoms. The van der Waals surface area contributed by atoms with Gasteiger partial charge in [0.1, 0.15) is 0 Å². The Labute approximate surface area is 149 Å². The van der Waals surface area contributed by atoms with Crippen molar-refractivity contribution >= 4 is 29.1 Å². The highest BCUT2D eigenvalue weighted by Crippen LogP contribution is 2.47. The Morgan fingerprint density at radius 2 is 2.08 bits per heavy atom. The Kier molecular flexibility index (Phi) is 5.18. The van der Waals surface area contributed by atoms with Gasteiger partial charge in [-0.05, 0) is 30.9 Å². The van der Waals surface area contributed by atoms with Crippen molar-refractivity contribution in [2.75, 3.05) is 6.61 Å². The van der Waals surface area contributed by atoms with Crippen LogP contribution in [-0.2, 0) is 9.67 Å². The van der Waals surface area contributed by atoms with Crippen LogP contribution in [0.3, 0.4) is 0 Å². The average Bonchev–Trinajstić information content (AvgIpc) is 2.98. The molecule has 1 aromatic carbocycles. The number of unbranched alkanes of at least 4 members (excludes halogenated alkanes) is 2. The number of fused-ring (bicyclic) bond motifs is 1. The maximum atomic E-state index is 12.0. The summed E-state index contributed by atoms with van der Waals surface area (Å²) in [6.07, 6.45) is 3.14. The van der Waals surface area contributed by atoms with Crippen LogP contribution >= 0.6 is 23.4 Å². The fourth-order valence-corrected chi connectivity index (χ4v) is 3.88. The first-order chi connectivity index (χ1) is 11.6. The van der Waals surface area contributed by atoms with Crippen LogP contribution in [-0.4, -0.2) is 16.3 Å². The Morgan fingerprint density at radius 1 is 1.33 bits per heavy atom. The van der Waals surface area contributed by atoms with Crippen molar-refractivity contribution in [1.82, 2.24) is 9.72 Å². The first kappa shape index (κ1) is 17.3. The zero-order valence-corrected chi connectivity index (χ0v) is 15.2. The van der Waals surface area contributed by atoms with Gasteiger partial charge in [0.05, 0.1) is 0 Å². The highest BCUT2D eigenvalue weighted by atomic mass is 35.5. The molecule has 1 aliphatic rings. The van der Waals surface area contributed by atoms with Gasteiger partial charge in [0.15, 0.2) is 0 Å². The third-order valence-electron chi connectivity index (χ3n) is 3.92. The van der Waals surface area contributed by atoms with Gasteiger partial charge >= 0.3 is 5.76 Å². The lowest BCUT2D eigenvalue weighted by Gasteiger charge is -2.34. The van der Waals surface area contributed by atoms with E-state index >= 15 is 0 Å². The van der Waals surface area contributed by atoms with Crippen molar-refractivity contribution in [3.8, 4) is 0 Å². The van der Waals surface area contributed by atoms with Gasteiger partial charge in [0.25, 0.3) is 0 Å². The van der Waals surface area contributed by atoms with E-state index in [1.54, 1.807) is 0 Å². The first-order valence-corrected chi connectivity index (χ1v) is 9.18. The van der Waals surface area contributed by atoms with Crippen LogP contribution in [0.25, 0.3) is 5.70 Å². The number of rotatable bonds is 6. The molecular formula is C17H19ClN2O3S. The summed E-state index contributed by atoms with van der Waals surface area (Å²) >= 11 is 7.50. The molecule has 2 heterocycles. The summed E-state index contributed by atoms with van der Waals surface area (Å²) < 4.78 is 12.7. The monoisotopic (exact) mass is 366 g/mol. The minimum Gasteiger partial charge on any atom is -0.352 e. The molecule has 0 aliphatic carbocycles. The zero-order valence-electron chi connectivity index (χ0n) is 13.6. The van der Waals surface area contributed by atoms with Crippen LogP contribution in [0.4, 0.5) is 0 Å². The van der Waals surface area contributed by atoms with Crippen LogP contribution in [0.15, 0.2) is 39.0 Å². The van der Waals surface area contributed by atoms with Gasteiger partial charge in [0.2, 0.25) is 10.8 Å². The quantitative estimate of drug-likeness (QED) is 0.706. The smallest absolute Gasteiger partial charge is 0.352 e. The minimum absolute atomic E-state index is 0.455. The van der Waals surface area contributed by atoms with Crippen molar-refractivity contribution in [1.29, 1.82) is 0 Å². The van der Waals surface area contributed by atoms with Crippen molar-refractivity contribution < 1.29 is 9.26 Å². The van der Waals surface area contributed by atoms with E-state index in [-0.39, 0.29) is 0 Å². The number of aromatic nitrogens is 2. The molecule has 1 aromatic heterocycles. The predicted octanol–water partition coefficient (Wildman–Crippen LogP) is 4.46. The number of thioether (sulfide) groups is 1. The molecule has 0 N–H and O–H groups in total. The van der Waals surface area contributed by atoms with Crippen molar-refractivity contribution in [3.05, 3.63) is 56.6 Å². The van der Waals surface area contributed by atoms with E-state index in [4.69, 9.17) is 20.9 Å². The third-order valence-corrected chi connectivity index (χ3v) is 5.50. The second kappa shape index (κ2) is 7.17. The SMILES string of the molecule is CCCCCOC1(c2ccc(Cl)cc2)SC=C(C)n2c1noc2=O. The molecule has 0 saturated carbocycles. The molecule has 5 nitrogen and oxygen atoms in total. The van der Waals surface area contributed by atoms with Gasteiger partial charge in [-0.3, -0.25) is 4.52 Å². The Hall–Kier alpha value is -1.50. The fourth-order valence-electron chi connectivity index (χ4n) is 2.66. The fraction of sp³-hybridized carbons (Fsp3) is 0.412. The highest BCUT2D eigenvalue weighted by molar-refractivity contribution is 8.03. The number of nitrogens with zero attached hydrogens (tertiary/aromatic N) is 2. The average molecular weight is 367 g/mol. The molecule has 24 heavy (non-hydrogen) atoms. The number of allylic oxidation sites excluding steroid dienone is 1. The van der Waals surface area contributed by atoms with Crippen LogP contribution in [0.5, 0.6) is 0 Å². The zero-order chi connectivity index (χ0) is 17.2. The maximum absolute atomic E-state index is 12.0. The lowest BCUT2D eigenvalue weighted by atomic mass is 10.1. The molecular weight excluding hydrogens is 348 g/mol. The molecule has 1 aliphatic heterocycles. The molecule has 1 atom stereocenters. The molecule has 0 radical (unpaired) electrons. The lowest BCUT2D eigenvalue weighted by molar-refractivity contribution is 0.0410. The molecule has 2 aromatic rings. The van der Waals surface area contributed by atoms with Crippen LogP contribution in [0.1, 0.15) is 44.5 Å². The van der Waals surface area contributed by atoms with Crippen molar-refractivity contribution in [2.24, 2.45) is 0 Å². The predicted molar refractivity (Wildman–Crippen MR) is 96.0 cm³/mol. The van der Waals surface area contributed by atoms with Gasteiger partial charge in [0, 0.05) is 22.9 Å². The van der Waals surface area contributed by atoms with Crippen molar-refractivity contribution in [3.63, 3.8) is 0 Å². The number of hydrogen-bond donors (Lipinski definition) is 0. The summed E-state index contributed by atoms with van der Waals surface area (Å²) in [6, 6.07) is 7.41. The van der Waals surface area contributed by atoms with Gasteiger partial charge in [-0.25, -0.2) is 9.36 Å². The number of ether oxygens (including phenoxy) is 1. The normalized spacial score (nSPS) is 19.9. The molecule has 0 bridgehead atoms. The standard InChI is InChI=1S/C17H19ClN2O3S/c1-3-4-5-10-22-17(13-6-8-14(18)9-7-13)15-19-23-16(21)20(15)12(2)11-24-17/h6-9,11H,3-5,10H2,1-2H3. The van der Waals surface area contributed by atoms with E-state index in [0.29, 0.717) is 17.5 Å². The largest absolute Gasteiger partial charge is 0.446 e. The summed E-state index contributed by atoms with van der Waals surface area (Å²) in [5.41, 5.74) is 1.64. The van der Waals surface area contributed by atoms with Gasteiger partial charge in [-0.15, -0.1) is 0 Å². The van der Waals surface area contributed by atoms with Gasteiger partial charge in [-0.1, -0.05) is 60.4 Å². The van der Waals surface area contributed by atoms with Crippen LogP contribution in [0, 0.1) is 0 Å². The molecule has 3 rings (SSSR count). The summed E-state index contributed by atoms with van der Waals surface area (Å²) in [4.78, 5) is 11.1. The summed E-state index contributed by atoms with van der Waals surface area (Å²) in [6.45, 7) is 4.56. The Morgan fingerprint density at radius 3 is 2.79 bits per heavy atom.